The highest BCUT2D eigenvalue weighted by molar-refractivity contribution is 8.27. The van der Waals surface area contributed by atoms with E-state index in [1.165, 1.54) is 16.7 Å². The van der Waals surface area contributed by atoms with Crippen LogP contribution in [0.25, 0.3) is 6.08 Å². The fourth-order valence-corrected chi connectivity index (χ4v) is 4.90. The molecule has 0 bridgehead atoms. The Morgan fingerprint density at radius 2 is 1.77 bits per heavy atom. The first kappa shape index (κ1) is 25.0. The van der Waals surface area contributed by atoms with Crippen molar-refractivity contribution in [3.63, 3.8) is 0 Å². The van der Waals surface area contributed by atoms with Gasteiger partial charge in [0.25, 0.3) is 11.8 Å². The molecule has 2 amide bonds. The summed E-state index contributed by atoms with van der Waals surface area (Å²) in [7, 11) is 0. The van der Waals surface area contributed by atoms with Crippen molar-refractivity contribution in [3.8, 4) is 5.75 Å². The van der Waals surface area contributed by atoms with E-state index in [9.17, 15) is 9.59 Å². The monoisotopic (exact) mass is 522 g/mol. The molecule has 0 atom stereocenters. The summed E-state index contributed by atoms with van der Waals surface area (Å²) in [6.45, 7) is 5.72. The van der Waals surface area contributed by atoms with Gasteiger partial charge in [0.2, 0.25) is 0 Å². The SMILES string of the molecule is Cc1ccc(C)c(NC(=O)COc2ccc(/C=C3\SC(=S)N(c4ccc(C)c(Cl)c4)C3=O)cc2)c1. The summed E-state index contributed by atoms with van der Waals surface area (Å²) < 4.78 is 6.08. The molecule has 0 radical (unpaired) electrons. The fourth-order valence-electron chi connectivity index (χ4n) is 3.43. The summed E-state index contributed by atoms with van der Waals surface area (Å²) in [6, 6.07) is 18.5. The van der Waals surface area contributed by atoms with Crippen molar-refractivity contribution in [3.05, 3.63) is 92.8 Å². The van der Waals surface area contributed by atoms with Crippen LogP contribution < -0.4 is 15.0 Å². The minimum absolute atomic E-state index is 0.107. The molecule has 0 aromatic heterocycles. The number of carbonyl (C=O) groups is 2. The Hall–Kier alpha value is -3.13. The predicted molar refractivity (Wildman–Crippen MR) is 148 cm³/mol. The molecule has 1 N–H and O–H groups in total. The number of hydrogen-bond acceptors (Lipinski definition) is 5. The summed E-state index contributed by atoms with van der Waals surface area (Å²) in [5, 5.41) is 3.46. The van der Waals surface area contributed by atoms with Crippen LogP contribution >= 0.6 is 35.6 Å². The third kappa shape index (κ3) is 5.93. The predicted octanol–water partition coefficient (Wildman–Crippen LogP) is 6.69. The number of aryl methyl sites for hydroxylation is 3. The van der Waals surface area contributed by atoms with Crippen LogP contribution in [0.1, 0.15) is 22.3 Å². The number of carbonyl (C=O) groups excluding carboxylic acids is 2. The maximum atomic E-state index is 13.0. The van der Waals surface area contributed by atoms with Gasteiger partial charge in [0, 0.05) is 10.7 Å². The zero-order valence-corrected chi connectivity index (χ0v) is 21.8. The average Bonchev–Trinajstić information content (AvgIpc) is 3.10. The van der Waals surface area contributed by atoms with Gasteiger partial charge < -0.3 is 10.1 Å². The van der Waals surface area contributed by atoms with Crippen LogP contribution in [0, 0.1) is 20.8 Å². The lowest BCUT2D eigenvalue weighted by molar-refractivity contribution is -0.118. The van der Waals surface area contributed by atoms with Gasteiger partial charge in [-0.1, -0.05) is 65.9 Å². The van der Waals surface area contributed by atoms with Gasteiger partial charge in [-0.15, -0.1) is 0 Å². The Morgan fingerprint density at radius 1 is 1.06 bits per heavy atom. The number of thiocarbonyl (C=S) groups is 1. The van der Waals surface area contributed by atoms with Crippen LogP contribution in [-0.4, -0.2) is 22.7 Å². The van der Waals surface area contributed by atoms with Gasteiger partial charge in [0.1, 0.15) is 5.75 Å². The van der Waals surface area contributed by atoms with Gasteiger partial charge >= 0.3 is 0 Å². The molecule has 0 unspecified atom stereocenters. The van der Waals surface area contributed by atoms with Gasteiger partial charge in [0.05, 0.1) is 10.6 Å². The van der Waals surface area contributed by atoms with Crippen molar-refractivity contribution in [1.29, 1.82) is 0 Å². The molecule has 8 heteroatoms. The number of benzene rings is 3. The second-order valence-electron chi connectivity index (χ2n) is 8.17. The normalized spacial score (nSPS) is 14.5. The van der Waals surface area contributed by atoms with Gasteiger partial charge in [-0.25, -0.2) is 0 Å². The summed E-state index contributed by atoms with van der Waals surface area (Å²) in [4.78, 5) is 27.3. The highest BCUT2D eigenvalue weighted by Crippen LogP contribution is 2.37. The Kier molecular flexibility index (Phi) is 7.60. The quantitative estimate of drug-likeness (QED) is 0.289. The molecule has 1 heterocycles. The molecule has 5 nitrogen and oxygen atoms in total. The standard InChI is InChI=1S/C27H23ClN2O3S2/c1-16-4-5-18(3)23(12-16)29-25(31)15-33-21-10-7-19(8-11-21)13-24-26(32)30(27(34)35-24)20-9-6-17(2)22(28)14-20/h4-14H,15H2,1-3H3,(H,29,31)/b24-13-. The van der Waals surface area contributed by atoms with E-state index in [4.69, 9.17) is 28.6 Å². The first-order valence-corrected chi connectivity index (χ1v) is 12.5. The Bertz CT molecular complexity index is 1350. The highest BCUT2D eigenvalue weighted by atomic mass is 35.5. The zero-order chi connectivity index (χ0) is 25.1. The summed E-state index contributed by atoms with van der Waals surface area (Å²) in [5.41, 5.74) is 5.24. The molecule has 3 aromatic carbocycles. The maximum Gasteiger partial charge on any atom is 0.270 e. The van der Waals surface area contributed by atoms with Gasteiger partial charge in [-0.05, 0) is 79.4 Å². The number of rotatable bonds is 6. The highest BCUT2D eigenvalue weighted by Gasteiger charge is 2.33. The van der Waals surface area contributed by atoms with Crippen LogP contribution in [0.2, 0.25) is 5.02 Å². The maximum absolute atomic E-state index is 13.0. The second kappa shape index (κ2) is 10.6. The summed E-state index contributed by atoms with van der Waals surface area (Å²) in [5.74, 6) is 0.131. The molecule has 3 aromatic rings. The average molecular weight is 523 g/mol. The largest absolute Gasteiger partial charge is 0.484 e. The van der Waals surface area contributed by atoms with Gasteiger partial charge in [-0.3, -0.25) is 14.5 Å². The number of hydrogen-bond donors (Lipinski definition) is 1. The number of ether oxygens (including phenoxy) is 1. The first-order chi connectivity index (χ1) is 16.7. The van der Waals surface area contributed by atoms with E-state index >= 15 is 0 Å². The Labute approximate surface area is 219 Å². The fraction of sp³-hybridized carbons (Fsp3) is 0.148. The minimum atomic E-state index is -0.234. The number of thioether (sulfide) groups is 1. The molecule has 1 saturated heterocycles. The van der Waals surface area contributed by atoms with E-state index in [1.54, 1.807) is 24.3 Å². The lowest BCUT2D eigenvalue weighted by Gasteiger charge is -2.15. The molecular formula is C27H23ClN2O3S2. The molecule has 0 saturated carbocycles. The molecule has 178 valence electrons. The van der Waals surface area contributed by atoms with Crippen molar-refractivity contribution < 1.29 is 14.3 Å². The number of anilines is 2. The molecule has 0 spiro atoms. The minimum Gasteiger partial charge on any atom is -0.484 e. The van der Waals surface area contributed by atoms with Crippen molar-refractivity contribution in [1.82, 2.24) is 0 Å². The molecule has 1 fully saturated rings. The van der Waals surface area contributed by atoms with E-state index in [0.29, 0.717) is 25.7 Å². The smallest absolute Gasteiger partial charge is 0.270 e. The van der Waals surface area contributed by atoms with E-state index in [2.05, 4.69) is 5.32 Å². The zero-order valence-electron chi connectivity index (χ0n) is 19.4. The second-order valence-corrected chi connectivity index (χ2v) is 10.3. The van der Waals surface area contributed by atoms with Crippen molar-refractivity contribution in [2.75, 3.05) is 16.8 Å². The number of nitrogens with zero attached hydrogens (tertiary/aromatic N) is 1. The number of amides is 2. The lowest BCUT2D eigenvalue weighted by Crippen LogP contribution is -2.27. The molecule has 0 aliphatic carbocycles. The number of halogens is 1. The molecule has 1 aliphatic rings. The van der Waals surface area contributed by atoms with E-state index < -0.39 is 0 Å². The van der Waals surface area contributed by atoms with E-state index in [0.717, 1.165) is 27.9 Å². The Morgan fingerprint density at radius 3 is 2.49 bits per heavy atom. The molecule has 35 heavy (non-hydrogen) atoms. The third-order valence-electron chi connectivity index (χ3n) is 5.42. The van der Waals surface area contributed by atoms with Crippen LogP contribution in [0.15, 0.2) is 65.6 Å². The van der Waals surface area contributed by atoms with Crippen LogP contribution in [0.5, 0.6) is 5.75 Å². The summed E-state index contributed by atoms with van der Waals surface area (Å²) in [6.07, 6.45) is 1.78. The molecule has 4 rings (SSSR count). The molecule has 1 aliphatic heterocycles. The van der Waals surface area contributed by atoms with Gasteiger partial charge in [-0.2, -0.15) is 0 Å². The first-order valence-electron chi connectivity index (χ1n) is 10.9. The van der Waals surface area contributed by atoms with E-state index in [1.807, 2.05) is 63.2 Å². The Balaban J connectivity index is 1.38. The van der Waals surface area contributed by atoms with Crippen molar-refractivity contribution in [2.45, 2.75) is 20.8 Å². The van der Waals surface area contributed by atoms with Crippen LogP contribution in [-0.2, 0) is 9.59 Å². The molecular weight excluding hydrogens is 500 g/mol. The van der Waals surface area contributed by atoms with Gasteiger partial charge in [0.15, 0.2) is 10.9 Å². The topological polar surface area (TPSA) is 58.6 Å². The van der Waals surface area contributed by atoms with E-state index in [-0.39, 0.29) is 18.4 Å². The number of nitrogens with one attached hydrogen (secondary N) is 1. The van der Waals surface area contributed by atoms with Crippen LogP contribution in [0.3, 0.4) is 0 Å². The van der Waals surface area contributed by atoms with Crippen molar-refractivity contribution in [2.24, 2.45) is 0 Å². The van der Waals surface area contributed by atoms with Crippen LogP contribution in [0.4, 0.5) is 11.4 Å². The third-order valence-corrected chi connectivity index (χ3v) is 7.13. The lowest BCUT2D eigenvalue weighted by atomic mass is 10.1. The van der Waals surface area contributed by atoms with Crippen molar-refractivity contribution >= 4 is 69.2 Å². The summed E-state index contributed by atoms with van der Waals surface area (Å²) >= 11 is 12.9.